The Morgan fingerprint density at radius 1 is 0.833 bits per heavy atom. The highest BCUT2D eigenvalue weighted by Crippen LogP contribution is 2.25. The molecule has 0 amide bonds. The van der Waals surface area contributed by atoms with E-state index >= 15 is 0 Å². The van der Waals surface area contributed by atoms with E-state index in [0.29, 0.717) is 0 Å². The molecule has 0 saturated heterocycles. The third-order valence-corrected chi connectivity index (χ3v) is 2.66. The van der Waals surface area contributed by atoms with Crippen molar-refractivity contribution >= 4 is 21.9 Å². The molecule has 3 aromatic rings. The normalized spacial score (nSPS) is 9.39. The maximum absolute atomic E-state index is 4.38. The van der Waals surface area contributed by atoms with Gasteiger partial charge in [-0.3, -0.25) is 0 Å². The summed E-state index contributed by atoms with van der Waals surface area (Å²) in [6.07, 6.45) is 1.83. The van der Waals surface area contributed by atoms with E-state index in [4.69, 9.17) is 0 Å². The van der Waals surface area contributed by atoms with Crippen molar-refractivity contribution in [1.82, 2.24) is 9.55 Å². The van der Waals surface area contributed by atoms with Gasteiger partial charge in [0.25, 0.3) is 0 Å². The Kier molecular flexibility index (Phi) is 5.37. The second-order valence-corrected chi connectivity index (χ2v) is 3.45. The molecule has 0 saturated carbocycles. The number of benzene rings is 1. The Hall–Kier alpha value is -1.83. The van der Waals surface area contributed by atoms with Gasteiger partial charge in [-0.2, -0.15) is 0 Å². The summed E-state index contributed by atoms with van der Waals surface area (Å²) in [5, 5.41) is 2.50. The molecule has 2 nitrogen and oxygen atoms in total. The van der Waals surface area contributed by atoms with Gasteiger partial charge in [-0.25, -0.2) is 4.98 Å². The minimum absolute atomic E-state index is 1.05. The second kappa shape index (κ2) is 6.80. The number of nitrogens with zero attached hydrogens (tertiary/aromatic N) is 2. The highest BCUT2D eigenvalue weighted by molar-refractivity contribution is 6.06. The van der Waals surface area contributed by atoms with Gasteiger partial charge in [-0.05, 0) is 18.2 Å². The third-order valence-electron chi connectivity index (χ3n) is 2.66. The first-order chi connectivity index (χ1) is 8.88. The quantitative estimate of drug-likeness (QED) is 0.554. The van der Waals surface area contributed by atoms with E-state index in [0.717, 1.165) is 5.65 Å². The van der Waals surface area contributed by atoms with Gasteiger partial charge < -0.3 is 4.57 Å². The zero-order valence-corrected chi connectivity index (χ0v) is 11.9. The van der Waals surface area contributed by atoms with Crippen molar-refractivity contribution in [3.63, 3.8) is 0 Å². The number of hydrogen-bond donors (Lipinski definition) is 0. The Balaban J connectivity index is 0.000000371. The summed E-state index contributed by atoms with van der Waals surface area (Å²) >= 11 is 0. The van der Waals surface area contributed by atoms with E-state index in [1.54, 1.807) is 0 Å². The lowest BCUT2D eigenvalue weighted by Crippen LogP contribution is -1.87. The topological polar surface area (TPSA) is 17.8 Å². The fourth-order valence-electron chi connectivity index (χ4n) is 1.98. The lowest BCUT2D eigenvalue weighted by atomic mass is 10.2. The zero-order valence-electron chi connectivity index (χ0n) is 11.9. The molecule has 0 N–H and O–H groups in total. The first kappa shape index (κ1) is 14.2. The van der Waals surface area contributed by atoms with Crippen LogP contribution in [0.1, 0.15) is 27.7 Å². The van der Waals surface area contributed by atoms with Crippen molar-refractivity contribution in [2.45, 2.75) is 27.7 Å². The van der Waals surface area contributed by atoms with Crippen molar-refractivity contribution in [3.8, 4) is 0 Å². The molecule has 1 aromatic carbocycles. The van der Waals surface area contributed by atoms with Crippen molar-refractivity contribution in [2.75, 3.05) is 0 Å². The van der Waals surface area contributed by atoms with Crippen LogP contribution in [0.5, 0.6) is 0 Å². The first-order valence-corrected chi connectivity index (χ1v) is 6.66. The molecule has 0 radical (unpaired) electrons. The molecule has 0 aliphatic heterocycles. The molecule has 2 heterocycles. The highest BCUT2D eigenvalue weighted by Gasteiger charge is 2.06. The largest absolute Gasteiger partial charge is 0.328 e. The van der Waals surface area contributed by atoms with Crippen LogP contribution >= 0.6 is 0 Å². The summed E-state index contributed by atoms with van der Waals surface area (Å²) in [6.45, 7) is 8.00. The first-order valence-electron chi connectivity index (χ1n) is 6.66. The number of aromatic nitrogens is 2. The number of para-hydroxylation sites is 1. The standard InChI is InChI=1S/C12H10N2.2C2H6/c1-14-11-7-3-2-5-9(11)10-6-4-8-13-12(10)14;2*1-2/h2-8H,1H3;2*1-2H3. The van der Waals surface area contributed by atoms with E-state index in [1.807, 2.05) is 40.0 Å². The lowest BCUT2D eigenvalue weighted by molar-refractivity contribution is 0.990. The molecule has 0 atom stereocenters. The average molecular weight is 242 g/mol. The van der Waals surface area contributed by atoms with Crippen LogP contribution in [0.2, 0.25) is 0 Å². The van der Waals surface area contributed by atoms with Gasteiger partial charge in [0, 0.05) is 24.0 Å². The van der Waals surface area contributed by atoms with Crippen LogP contribution in [0.15, 0.2) is 42.6 Å². The summed E-state index contributed by atoms with van der Waals surface area (Å²) in [5.74, 6) is 0. The predicted octanol–water partition coefficient (Wildman–Crippen LogP) is 4.78. The molecule has 0 aliphatic carbocycles. The fourth-order valence-corrected chi connectivity index (χ4v) is 1.98. The smallest absolute Gasteiger partial charge is 0.140 e. The van der Waals surface area contributed by atoms with Crippen LogP contribution < -0.4 is 0 Å². The molecule has 0 fully saturated rings. The maximum atomic E-state index is 4.38. The van der Waals surface area contributed by atoms with Crippen molar-refractivity contribution in [1.29, 1.82) is 0 Å². The number of pyridine rings is 1. The van der Waals surface area contributed by atoms with Crippen LogP contribution in [0.4, 0.5) is 0 Å². The molecular formula is C16H22N2. The predicted molar refractivity (Wildman–Crippen MR) is 80.9 cm³/mol. The van der Waals surface area contributed by atoms with Gasteiger partial charge in [0.2, 0.25) is 0 Å². The highest BCUT2D eigenvalue weighted by atomic mass is 15.0. The summed E-state index contributed by atoms with van der Waals surface area (Å²) < 4.78 is 2.13. The number of rotatable bonds is 0. The molecule has 0 unspecified atom stereocenters. The van der Waals surface area contributed by atoms with Crippen molar-refractivity contribution < 1.29 is 0 Å². The van der Waals surface area contributed by atoms with Gasteiger partial charge in [0.15, 0.2) is 0 Å². The fraction of sp³-hybridized carbons (Fsp3) is 0.312. The van der Waals surface area contributed by atoms with Gasteiger partial charge >= 0.3 is 0 Å². The van der Waals surface area contributed by atoms with E-state index in [2.05, 4.69) is 46.9 Å². The SMILES string of the molecule is CC.CC.Cn1c2ccccc2c2cccnc21. The Labute approximate surface area is 109 Å². The zero-order chi connectivity index (χ0) is 13.5. The summed E-state index contributed by atoms with van der Waals surface area (Å²) in [7, 11) is 2.05. The molecule has 3 rings (SSSR count). The third kappa shape index (κ3) is 2.37. The Morgan fingerprint density at radius 3 is 2.17 bits per heavy atom. The minimum atomic E-state index is 1.05. The van der Waals surface area contributed by atoms with Gasteiger partial charge in [-0.1, -0.05) is 45.9 Å². The van der Waals surface area contributed by atoms with Crippen molar-refractivity contribution in [2.24, 2.45) is 7.05 Å². The van der Waals surface area contributed by atoms with Crippen LogP contribution in [0.3, 0.4) is 0 Å². The Morgan fingerprint density at radius 2 is 1.44 bits per heavy atom. The molecule has 0 aliphatic rings. The number of aryl methyl sites for hydroxylation is 1. The lowest BCUT2D eigenvalue weighted by Gasteiger charge is -1.94. The molecule has 18 heavy (non-hydrogen) atoms. The molecule has 2 heteroatoms. The number of hydrogen-bond acceptors (Lipinski definition) is 1. The van der Waals surface area contributed by atoms with Crippen LogP contribution in [-0.2, 0) is 7.05 Å². The van der Waals surface area contributed by atoms with E-state index in [1.165, 1.54) is 16.3 Å². The second-order valence-electron chi connectivity index (χ2n) is 3.45. The summed E-state index contributed by atoms with van der Waals surface area (Å²) in [4.78, 5) is 4.38. The molecular weight excluding hydrogens is 220 g/mol. The molecule has 0 spiro atoms. The average Bonchev–Trinajstić information content (AvgIpc) is 2.78. The van der Waals surface area contributed by atoms with E-state index < -0.39 is 0 Å². The van der Waals surface area contributed by atoms with Gasteiger partial charge in [0.1, 0.15) is 5.65 Å². The van der Waals surface area contributed by atoms with Gasteiger partial charge in [-0.15, -0.1) is 0 Å². The summed E-state index contributed by atoms with van der Waals surface area (Å²) in [5.41, 5.74) is 2.29. The minimum Gasteiger partial charge on any atom is -0.328 e. The summed E-state index contributed by atoms with van der Waals surface area (Å²) in [6, 6.07) is 12.5. The van der Waals surface area contributed by atoms with Crippen LogP contribution in [0.25, 0.3) is 21.9 Å². The van der Waals surface area contributed by atoms with Crippen molar-refractivity contribution in [3.05, 3.63) is 42.6 Å². The molecule has 0 bridgehead atoms. The van der Waals surface area contributed by atoms with Crippen LogP contribution in [0, 0.1) is 0 Å². The molecule has 96 valence electrons. The van der Waals surface area contributed by atoms with Crippen LogP contribution in [-0.4, -0.2) is 9.55 Å². The monoisotopic (exact) mass is 242 g/mol. The molecule has 2 aromatic heterocycles. The maximum Gasteiger partial charge on any atom is 0.140 e. The Bertz CT molecular complexity index is 555. The number of fused-ring (bicyclic) bond motifs is 3. The van der Waals surface area contributed by atoms with Gasteiger partial charge in [0.05, 0.1) is 5.52 Å². The van der Waals surface area contributed by atoms with E-state index in [9.17, 15) is 0 Å². The van der Waals surface area contributed by atoms with E-state index in [-0.39, 0.29) is 0 Å².